The minimum Gasteiger partial charge on any atom is -0.399 e. The van der Waals surface area contributed by atoms with E-state index in [1.165, 1.54) is 18.9 Å². The Hall–Kier alpha value is -1.58. The van der Waals surface area contributed by atoms with Crippen LogP contribution in [0, 0.1) is 12.7 Å². The number of nitrogens with zero attached hydrogens (tertiary/aromatic N) is 1. The monoisotopic (exact) mass is 278 g/mol. The maximum atomic E-state index is 14.1. The van der Waals surface area contributed by atoms with Crippen molar-refractivity contribution in [2.45, 2.75) is 51.5 Å². The summed E-state index contributed by atoms with van der Waals surface area (Å²) in [6.07, 6.45) is 6.74. The summed E-state index contributed by atoms with van der Waals surface area (Å²) < 4.78 is 14.1. The molecular weight excluding hydrogens is 255 g/mol. The van der Waals surface area contributed by atoms with Crippen molar-refractivity contribution in [3.63, 3.8) is 0 Å². The van der Waals surface area contributed by atoms with Gasteiger partial charge in [0.1, 0.15) is 5.82 Å². The minimum absolute atomic E-state index is 0.0919. The Balaban J connectivity index is 2.21. The molecule has 1 aromatic rings. The van der Waals surface area contributed by atoms with E-state index in [-0.39, 0.29) is 17.5 Å². The fraction of sp³-hybridized carbons (Fsp3) is 0.562. The average Bonchev–Trinajstić information content (AvgIpc) is 2.70. The first-order valence-electron chi connectivity index (χ1n) is 7.33. The second-order valence-electron chi connectivity index (χ2n) is 5.76. The third kappa shape index (κ3) is 3.11. The molecule has 0 aliphatic heterocycles. The van der Waals surface area contributed by atoms with E-state index < -0.39 is 5.82 Å². The number of rotatable bonds is 2. The lowest BCUT2D eigenvalue weighted by Crippen LogP contribution is -2.37. The summed E-state index contributed by atoms with van der Waals surface area (Å²) in [4.78, 5) is 14.2. The van der Waals surface area contributed by atoms with E-state index in [2.05, 4.69) is 0 Å². The number of anilines is 1. The fourth-order valence-corrected chi connectivity index (χ4v) is 2.95. The highest BCUT2D eigenvalue weighted by Crippen LogP contribution is 2.24. The maximum Gasteiger partial charge on any atom is 0.256 e. The smallest absolute Gasteiger partial charge is 0.256 e. The molecule has 1 aliphatic carbocycles. The van der Waals surface area contributed by atoms with E-state index in [1.807, 2.05) is 0 Å². The lowest BCUT2D eigenvalue weighted by molar-refractivity contribution is 0.0713. The van der Waals surface area contributed by atoms with Gasteiger partial charge in [0, 0.05) is 18.8 Å². The molecule has 0 atom stereocenters. The van der Waals surface area contributed by atoms with Crippen molar-refractivity contribution in [1.82, 2.24) is 4.90 Å². The lowest BCUT2D eigenvalue weighted by Gasteiger charge is -2.27. The Bertz CT molecular complexity index is 493. The summed E-state index contributed by atoms with van der Waals surface area (Å²) in [5.74, 6) is -0.713. The molecule has 1 fully saturated rings. The third-order valence-corrected chi connectivity index (χ3v) is 4.20. The number of hydrogen-bond acceptors (Lipinski definition) is 2. The molecule has 1 amide bonds. The van der Waals surface area contributed by atoms with Gasteiger partial charge in [0.2, 0.25) is 0 Å². The number of hydrogen-bond donors (Lipinski definition) is 1. The second-order valence-corrected chi connectivity index (χ2v) is 5.76. The molecule has 2 rings (SSSR count). The first-order chi connectivity index (χ1) is 9.50. The molecule has 0 aromatic heterocycles. The van der Waals surface area contributed by atoms with Crippen LogP contribution in [-0.4, -0.2) is 23.9 Å². The van der Waals surface area contributed by atoms with Crippen LogP contribution in [0.25, 0.3) is 0 Å². The number of carbonyl (C=O) groups is 1. The van der Waals surface area contributed by atoms with Crippen molar-refractivity contribution in [2.24, 2.45) is 0 Å². The first kappa shape index (κ1) is 14.8. The topological polar surface area (TPSA) is 46.3 Å². The summed E-state index contributed by atoms with van der Waals surface area (Å²) in [5, 5.41) is 0. The Morgan fingerprint density at radius 3 is 2.45 bits per heavy atom. The molecule has 20 heavy (non-hydrogen) atoms. The zero-order valence-corrected chi connectivity index (χ0v) is 12.3. The number of carbonyl (C=O) groups excluding carboxylic acids is 1. The van der Waals surface area contributed by atoms with Crippen LogP contribution in [0.5, 0.6) is 0 Å². The van der Waals surface area contributed by atoms with E-state index in [9.17, 15) is 9.18 Å². The van der Waals surface area contributed by atoms with Crippen LogP contribution < -0.4 is 5.73 Å². The van der Waals surface area contributed by atoms with Gasteiger partial charge in [-0.05, 0) is 37.5 Å². The Labute approximate surface area is 120 Å². The lowest BCUT2D eigenvalue weighted by atomic mass is 10.0. The number of amides is 1. The molecule has 110 valence electrons. The quantitative estimate of drug-likeness (QED) is 0.664. The van der Waals surface area contributed by atoms with Crippen LogP contribution in [0.15, 0.2) is 12.1 Å². The zero-order valence-electron chi connectivity index (χ0n) is 12.3. The standard InChI is InChI=1S/C16H23FN2O/c1-11-9-12(18)10-14(15(11)17)16(20)19(2)13-7-5-3-4-6-8-13/h9-10,13H,3-8,18H2,1-2H3. The minimum atomic E-state index is -0.454. The summed E-state index contributed by atoms with van der Waals surface area (Å²) in [7, 11) is 1.77. The van der Waals surface area contributed by atoms with E-state index in [0.29, 0.717) is 11.3 Å². The van der Waals surface area contributed by atoms with Crippen molar-refractivity contribution in [3.8, 4) is 0 Å². The highest BCUT2D eigenvalue weighted by Gasteiger charge is 2.24. The van der Waals surface area contributed by atoms with Crippen molar-refractivity contribution in [3.05, 3.63) is 29.1 Å². The van der Waals surface area contributed by atoms with Crippen LogP contribution >= 0.6 is 0 Å². The SMILES string of the molecule is Cc1cc(N)cc(C(=O)N(C)C2CCCCCC2)c1F. The number of aryl methyl sites for hydroxylation is 1. The molecule has 0 saturated heterocycles. The van der Waals surface area contributed by atoms with Gasteiger partial charge in [0.15, 0.2) is 0 Å². The first-order valence-corrected chi connectivity index (χ1v) is 7.33. The molecule has 0 spiro atoms. The molecular formula is C16H23FN2O. The molecule has 1 saturated carbocycles. The number of nitrogens with two attached hydrogens (primary N) is 1. The molecule has 2 N–H and O–H groups in total. The van der Waals surface area contributed by atoms with Gasteiger partial charge in [-0.3, -0.25) is 4.79 Å². The molecule has 0 unspecified atom stereocenters. The third-order valence-electron chi connectivity index (χ3n) is 4.20. The molecule has 0 bridgehead atoms. The number of nitrogen functional groups attached to an aromatic ring is 1. The van der Waals surface area contributed by atoms with Gasteiger partial charge in [-0.15, -0.1) is 0 Å². The van der Waals surface area contributed by atoms with Crippen LogP contribution in [0.3, 0.4) is 0 Å². The number of benzene rings is 1. The average molecular weight is 278 g/mol. The van der Waals surface area contributed by atoms with E-state index in [4.69, 9.17) is 5.73 Å². The molecule has 3 nitrogen and oxygen atoms in total. The van der Waals surface area contributed by atoms with Crippen LogP contribution in [0.1, 0.15) is 54.4 Å². The van der Waals surface area contributed by atoms with Crippen LogP contribution in [0.4, 0.5) is 10.1 Å². The normalized spacial score (nSPS) is 16.8. The molecule has 0 heterocycles. The number of halogens is 1. The maximum absolute atomic E-state index is 14.1. The van der Waals surface area contributed by atoms with Gasteiger partial charge < -0.3 is 10.6 Å². The predicted molar refractivity (Wildman–Crippen MR) is 79.1 cm³/mol. The fourth-order valence-electron chi connectivity index (χ4n) is 2.95. The Morgan fingerprint density at radius 1 is 1.25 bits per heavy atom. The summed E-state index contributed by atoms with van der Waals surface area (Å²) >= 11 is 0. The van der Waals surface area contributed by atoms with Gasteiger partial charge in [-0.25, -0.2) is 4.39 Å². The van der Waals surface area contributed by atoms with Crippen molar-refractivity contribution >= 4 is 11.6 Å². The van der Waals surface area contributed by atoms with Crippen molar-refractivity contribution < 1.29 is 9.18 Å². The Kier molecular flexibility index (Phi) is 4.63. The molecule has 1 aromatic carbocycles. The molecule has 4 heteroatoms. The summed E-state index contributed by atoms with van der Waals surface area (Å²) in [5.41, 5.74) is 6.68. The highest BCUT2D eigenvalue weighted by atomic mass is 19.1. The van der Waals surface area contributed by atoms with E-state index in [0.717, 1.165) is 25.7 Å². The second kappa shape index (κ2) is 6.25. The van der Waals surface area contributed by atoms with Crippen molar-refractivity contribution in [1.29, 1.82) is 0 Å². The van der Waals surface area contributed by atoms with Gasteiger partial charge in [0.25, 0.3) is 5.91 Å². The van der Waals surface area contributed by atoms with Crippen LogP contribution in [-0.2, 0) is 0 Å². The highest BCUT2D eigenvalue weighted by molar-refractivity contribution is 5.95. The van der Waals surface area contributed by atoms with E-state index in [1.54, 1.807) is 24.9 Å². The molecule has 0 radical (unpaired) electrons. The van der Waals surface area contributed by atoms with Crippen molar-refractivity contribution in [2.75, 3.05) is 12.8 Å². The van der Waals surface area contributed by atoms with Gasteiger partial charge in [-0.2, -0.15) is 0 Å². The summed E-state index contributed by atoms with van der Waals surface area (Å²) in [6.45, 7) is 1.63. The largest absolute Gasteiger partial charge is 0.399 e. The van der Waals surface area contributed by atoms with Gasteiger partial charge >= 0.3 is 0 Å². The Morgan fingerprint density at radius 2 is 1.85 bits per heavy atom. The van der Waals surface area contributed by atoms with Crippen LogP contribution in [0.2, 0.25) is 0 Å². The van der Waals surface area contributed by atoms with Gasteiger partial charge in [-0.1, -0.05) is 25.7 Å². The van der Waals surface area contributed by atoms with Gasteiger partial charge in [0.05, 0.1) is 5.56 Å². The molecule has 1 aliphatic rings. The van der Waals surface area contributed by atoms with E-state index >= 15 is 0 Å². The summed E-state index contributed by atoms with van der Waals surface area (Å²) in [6, 6.07) is 3.21. The zero-order chi connectivity index (χ0) is 14.7. The predicted octanol–water partition coefficient (Wildman–Crippen LogP) is 3.51.